The first kappa shape index (κ1) is 12.6. The van der Waals surface area contributed by atoms with Crippen molar-refractivity contribution in [1.29, 1.82) is 5.26 Å². The van der Waals surface area contributed by atoms with Gasteiger partial charge < -0.3 is 5.32 Å². The monoisotopic (exact) mass is 216 g/mol. The number of benzene rings is 1. The summed E-state index contributed by atoms with van der Waals surface area (Å²) < 4.78 is 0. The maximum Gasteiger partial charge on any atom is 0.0671 e. The summed E-state index contributed by atoms with van der Waals surface area (Å²) in [7, 11) is 0. The number of anilines is 1. The van der Waals surface area contributed by atoms with Gasteiger partial charge in [-0.1, -0.05) is 25.5 Å². The normalized spacial score (nSPS) is 11.8. The summed E-state index contributed by atoms with van der Waals surface area (Å²) in [5.41, 5.74) is 2.49. The number of rotatable bonds is 6. The molecule has 1 rings (SSSR count). The first-order chi connectivity index (χ1) is 7.76. The third-order valence-electron chi connectivity index (χ3n) is 2.61. The van der Waals surface area contributed by atoms with Gasteiger partial charge in [0.2, 0.25) is 0 Å². The van der Waals surface area contributed by atoms with Crippen LogP contribution < -0.4 is 5.32 Å². The highest BCUT2D eigenvalue weighted by molar-refractivity contribution is 5.44. The molecule has 16 heavy (non-hydrogen) atoms. The molecule has 1 atom stereocenters. The molecule has 0 saturated carbocycles. The number of nitrogens with zero attached hydrogens (tertiary/aromatic N) is 1. The van der Waals surface area contributed by atoms with Gasteiger partial charge in [0.05, 0.1) is 12.0 Å². The van der Waals surface area contributed by atoms with E-state index in [4.69, 9.17) is 5.26 Å². The van der Waals surface area contributed by atoms with Crippen LogP contribution in [0.2, 0.25) is 0 Å². The van der Waals surface area contributed by atoms with Crippen LogP contribution in [-0.2, 0) is 6.42 Å². The Morgan fingerprint density at radius 1 is 1.31 bits per heavy atom. The average Bonchev–Trinajstić information content (AvgIpc) is 2.34. The van der Waals surface area contributed by atoms with Crippen LogP contribution in [0.1, 0.15) is 32.3 Å². The highest BCUT2D eigenvalue weighted by atomic mass is 14.9. The molecule has 0 heterocycles. The highest BCUT2D eigenvalue weighted by Gasteiger charge is 1.99. The molecule has 0 radical (unpaired) electrons. The SMILES string of the molecule is CCCCc1ccc(NCC(C)C#N)cc1. The zero-order chi connectivity index (χ0) is 11.8. The predicted octanol–water partition coefficient (Wildman–Crippen LogP) is 3.60. The quantitative estimate of drug-likeness (QED) is 0.788. The summed E-state index contributed by atoms with van der Waals surface area (Å²) in [5, 5.41) is 11.9. The molecule has 0 fully saturated rings. The topological polar surface area (TPSA) is 35.8 Å². The van der Waals surface area contributed by atoms with Crippen molar-refractivity contribution in [3.8, 4) is 6.07 Å². The van der Waals surface area contributed by atoms with Gasteiger partial charge >= 0.3 is 0 Å². The Bertz CT molecular complexity index is 335. The molecular formula is C14H20N2. The van der Waals surface area contributed by atoms with Crippen molar-refractivity contribution in [2.24, 2.45) is 5.92 Å². The molecule has 0 aliphatic heterocycles. The Morgan fingerprint density at radius 3 is 2.56 bits per heavy atom. The molecule has 1 N–H and O–H groups in total. The average molecular weight is 216 g/mol. The molecule has 86 valence electrons. The lowest BCUT2D eigenvalue weighted by Crippen LogP contribution is -2.09. The van der Waals surface area contributed by atoms with E-state index in [2.05, 4.69) is 42.6 Å². The van der Waals surface area contributed by atoms with Crippen LogP contribution in [0.25, 0.3) is 0 Å². The molecule has 2 heteroatoms. The summed E-state index contributed by atoms with van der Waals surface area (Å²) in [6.45, 7) is 4.84. The van der Waals surface area contributed by atoms with Gasteiger partial charge in [0.1, 0.15) is 0 Å². The number of nitrogens with one attached hydrogen (secondary N) is 1. The van der Waals surface area contributed by atoms with Crippen molar-refractivity contribution in [1.82, 2.24) is 0 Å². The maximum atomic E-state index is 8.66. The second-order valence-corrected chi connectivity index (χ2v) is 4.21. The van der Waals surface area contributed by atoms with Gasteiger partial charge in [-0.25, -0.2) is 0 Å². The summed E-state index contributed by atoms with van der Waals surface area (Å²) in [5.74, 6) is 0.0553. The van der Waals surface area contributed by atoms with E-state index in [1.54, 1.807) is 0 Å². The van der Waals surface area contributed by atoms with Crippen molar-refractivity contribution >= 4 is 5.69 Å². The summed E-state index contributed by atoms with van der Waals surface area (Å²) in [6, 6.07) is 10.7. The van der Waals surface area contributed by atoms with Crippen molar-refractivity contribution in [3.63, 3.8) is 0 Å². The van der Waals surface area contributed by atoms with Gasteiger partial charge in [0.25, 0.3) is 0 Å². The molecule has 0 aromatic heterocycles. The lowest BCUT2D eigenvalue weighted by Gasteiger charge is -2.08. The Morgan fingerprint density at radius 2 is 2.00 bits per heavy atom. The Labute approximate surface area is 98.3 Å². The minimum atomic E-state index is 0.0553. The van der Waals surface area contributed by atoms with Gasteiger partial charge in [-0.2, -0.15) is 5.26 Å². The Kier molecular flexibility index (Phi) is 5.42. The highest BCUT2D eigenvalue weighted by Crippen LogP contribution is 2.12. The second kappa shape index (κ2) is 6.90. The van der Waals surface area contributed by atoms with Crippen LogP contribution in [0.15, 0.2) is 24.3 Å². The van der Waals surface area contributed by atoms with Crippen LogP contribution >= 0.6 is 0 Å². The van der Waals surface area contributed by atoms with Crippen LogP contribution in [0, 0.1) is 17.2 Å². The van der Waals surface area contributed by atoms with Crippen molar-refractivity contribution in [3.05, 3.63) is 29.8 Å². The largest absolute Gasteiger partial charge is 0.384 e. The summed E-state index contributed by atoms with van der Waals surface area (Å²) in [4.78, 5) is 0. The number of hydrogen-bond acceptors (Lipinski definition) is 2. The van der Waals surface area contributed by atoms with Gasteiger partial charge in [0, 0.05) is 12.2 Å². The van der Waals surface area contributed by atoms with E-state index in [1.165, 1.54) is 18.4 Å². The van der Waals surface area contributed by atoms with E-state index < -0.39 is 0 Å². The molecule has 1 aromatic rings. The van der Waals surface area contributed by atoms with Gasteiger partial charge in [-0.15, -0.1) is 0 Å². The number of hydrogen-bond donors (Lipinski definition) is 1. The molecular weight excluding hydrogens is 196 g/mol. The number of nitriles is 1. The fraction of sp³-hybridized carbons (Fsp3) is 0.500. The number of aryl methyl sites for hydroxylation is 1. The minimum Gasteiger partial charge on any atom is -0.384 e. The van der Waals surface area contributed by atoms with Gasteiger partial charge in [-0.3, -0.25) is 0 Å². The zero-order valence-electron chi connectivity index (χ0n) is 10.2. The fourth-order valence-corrected chi connectivity index (χ4v) is 1.49. The molecule has 0 saturated heterocycles. The van der Waals surface area contributed by atoms with E-state index in [-0.39, 0.29) is 5.92 Å². The molecule has 0 aliphatic carbocycles. The van der Waals surface area contributed by atoms with E-state index in [9.17, 15) is 0 Å². The van der Waals surface area contributed by atoms with E-state index in [0.29, 0.717) is 6.54 Å². The molecule has 0 spiro atoms. The van der Waals surface area contributed by atoms with Gasteiger partial charge in [-0.05, 0) is 37.5 Å². The summed E-state index contributed by atoms with van der Waals surface area (Å²) >= 11 is 0. The maximum absolute atomic E-state index is 8.66. The van der Waals surface area contributed by atoms with E-state index >= 15 is 0 Å². The molecule has 2 nitrogen and oxygen atoms in total. The second-order valence-electron chi connectivity index (χ2n) is 4.21. The third kappa shape index (κ3) is 4.35. The van der Waals surface area contributed by atoms with Crippen molar-refractivity contribution in [2.75, 3.05) is 11.9 Å². The Balaban J connectivity index is 2.42. The lowest BCUT2D eigenvalue weighted by atomic mass is 10.1. The molecule has 0 aliphatic rings. The third-order valence-corrected chi connectivity index (χ3v) is 2.61. The van der Waals surface area contributed by atoms with Crippen LogP contribution in [0.3, 0.4) is 0 Å². The molecule has 0 bridgehead atoms. The van der Waals surface area contributed by atoms with Crippen molar-refractivity contribution < 1.29 is 0 Å². The first-order valence-corrected chi connectivity index (χ1v) is 5.98. The first-order valence-electron chi connectivity index (χ1n) is 5.98. The fourth-order valence-electron chi connectivity index (χ4n) is 1.49. The zero-order valence-corrected chi connectivity index (χ0v) is 10.2. The minimum absolute atomic E-state index is 0.0553. The van der Waals surface area contributed by atoms with Crippen LogP contribution in [0.5, 0.6) is 0 Å². The molecule has 1 aromatic carbocycles. The van der Waals surface area contributed by atoms with E-state index in [1.807, 2.05) is 6.92 Å². The van der Waals surface area contributed by atoms with Gasteiger partial charge in [0.15, 0.2) is 0 Å². The predicted molar refractivity (Wildman–Crippen MR) is 68.3 cm³/mol. The van der Waals surface area contributed by atoms with Crippen LogP contribution in [-0.4, -0.2) is 6.54 Å². The van der Waals surface area contributed by atoms with Crippen LogP contribution in [0.4, 0.5) is 5.69 Å². The summed E-state index contributed by atoms with van der Waals surface area (Å²) in [6.07, 6.45) is 3.64. The van der Waals surface area contributed by atoms with E-state index in [0.717, 1.165) is 12.1 Å². The number of unbranched alkanes of at least 4 members (excludes halogenated alkanes) is 1. The molecule has 0 amide bonds. The standard InChI is InChI=1S/C14H20N2/c1-3-4-5-13-6-8-14(9-7-13)16-11-12(2)10-15/h6-9,12,16H,3-5,11H2,1-2H3. The smallest absolute Gasteiger partial charge is 0.0671 e. The lowest BCUT2D eigenvalue weighted by molar-refractivity contribution is 0.785. The molecule has 1 unspecified atom stereocenters. The Hall–Kier alpha value is -1.49. The van der Waals surface area contributed by atoms with Crippen molar-refractivity contribution in [2.45, 2.75) is 33.1 Å².